The number of halogens is 1. The number of carbonyl (C=O) groups excluding carboxylic acids is 1. The predicted octanol–water partition coefficient (Wildman–Crippen LogP) is 3.29. The van der Waals surface area contributed by atoms with Crippen molar-refractivity contribution in [2.75, 3.05) is 26.2 Å². The minimum Gasteiger partial charge on any atom is -0.336 e. The van der Waals surface area contributed by atoms with Crippen molar-refractivity contribution in [3.63, 3.8) is 0 Å². The molecule has 34 heavy (non-hydrogen) atoms. The average molecular weight is 487 g/mol. The second kappa shape index (κ2) is 8.99. The Balaban J connectivity index is 1.50. The zero-order chi connectivity index (χ0) is 24.6. The van der Waals surface area contributed by atoms with Crippen molar-refractivity contribution in [1.29, 1.82) is 0 Å². The molecule has 0 N–H and O–H groups in total. The molecule has 1 aromatic heterocycles. The van der Waals surface area contributed by atoms with Gasteiger partial charge in [0.15, 0.2) is 0 Å². The van der Waals surface area contributed by atoms with Gasteiger partial charge in [0.1, 0.15) is 5.82 Å². The van der Waals surface area contributed by atoms with Crippen LogP contribution in [-0.4, -0.2) is 59.2 Å². The Bertz CT molecular complexity index is 1360. The van der Waals surface area contributed by atoms with Gasteiger partial charge in [-0.1, -0.05) is 12.1 Å². The number of amides is 1. The SMILES string of the molecule is Cc1cc(C(=O)N2CCN(S(=O)(=O)c3ccc([N+](=O)[O-])cc3)CC2)c(C)n1-c1ccccc1F. The lowest BCUT2D eigenvalue weighted by atomic mass is 10.2. The van der Waals surface area contributed by atoms with E-state index in [0.717, 1.165) is 12.1 Å². The van der Waals surface area contributed by atoms with E-state index < -0.39 is 20.8 Å². The third-order valence-corrected chi connectivity index (χ3v) is 7.88. The van der Waals surface area contributed by atoms with Crippen molar-refractivity contribution in [2.24, 2.45) is 0 Å². The molecule has 0 bridgehead atoms. The van der Waals surface area contributed by atoms with Gasteiger partial charge in [0.05, 0.1) is 21.1 Å². The lowest BCUT2D eigenvalue weighted by Gasteiger charge is -2.34. The first-order valence-electron chi connectivity index (χ1n) is 10.6. The zero-order valence-electron chi connectivity index (χ0n) is 18.6. The monoisotopic (exact) mass is 486 g/mol. The molecule has 9 nitrogen and oxygen atoms in total. The van der Waals surface area contributed by atoms with Gasteiger partial charge in [-0.3, -0.25) is 14.9 Å². The number of hydrogen-bond donors (Lipinski definition) is 0. The summed E-state index contributed by atoms with van der Waals surface area (Å²) in [5, 5.41) is 10.8. The minimum atomic E-state index is -3.84. The van der Waals surface area contributed by atoms with Crippen molar-refractivity contribution in [3.8, 4) is 5.69 Å². The Morgan fingerprint density at radius 3 is 2.21 bits per heavy atom. The molecular weight excluding hydrogens is 463 g/mol. The van der Waals surface area contributed by atoms with Gasteiger partial charge in [0, 0.05) is 49.7 Å². The fraction of sp³-hybridized carbons (Fsp3) is 0.261. The molecule has 1 aliphatic heterocycles. The van der Waals surface area contributed by atoms with Gasteiger partial charge in [-0.15, -0.1) is 0 Å². The fourth-order valence-electron chi connectivity index (χ4n) is 4.17. The van der Waals surface area contributed by atoms with E-state index in [2.05, 4.69) is 0 Å². The largest absolute Gasteiger partial charge is 0.336 e. The molecule has 11 heteroatoms. The Morgan fingerprint density at radius 1 is 1.00 bits per heavy atom. The summed E-state index contributed by atoms with van der Waals surface area (Å²) >= 11 is 0. The van der Waals surface area contributed by atoms with E-state index in [4.69, 9.17) is 0 Å². The quantitative estimate of drug-likeness (QED) is 0.406. The van der Waals surface area contributed by atoms with E-state index >= 15 is 0 Å². The Kier molecular flexibility index (Phi) is 6.24. The van der Waals surface area contributed by atoms with E-state index in [9.17, 15) is 27.7 Å². The topological polar surface area (TPSA) is 106 Å². The number of hydrogen-bond acceptors (Lipinski definition) is 5. The molecule has 0 atom stereocenters. The Labute approximate surface area is 196 Å². The highest BCUT2D eigenvalue weighted by atomic mass is 32.2. The molecule has 0 spiro atoms. The number of non-ortho nitro benzene ring substituents is 1. The maximum absolute atomic E-state index is 14.3. The van der Waals surface area contributed by atoms with Crippen LogP contribution >= 0.6 is 0 Å². The zero-order valence-corrected chi connectivity index (χ0v) is 19.5. The minimum absolute atomic E-state index is 0.0358. The van der Waals surface area contributed by atoms with Crippen LogP contribution in [0, 0.1) is 29.8 Å². The van der Waals surface area contributed by atoms with Crippen molar-refractivity contribution < 1.29 is 22.5 Å². The van der Waals surface area contributed by atoms with E-state index in [1.165, 1.54) is 22.5 Å². The fourth-order valence-corrected chi connectivity index (χ4v) is 5.60. The van der Waals surface area contributed by atoms with Gasteiger partial charge in [0.25, 0.3) is 11.6 Å². The van der Waals surface area contributed by atoms with E-state index in [1.54, 1.807) is 47.6 Å². The summed E-state index contributed by atoms with van der Waals surface area (Å²) in [6.07, 6.45) is 0. The first kappa shape index (κ1) is 23.6. The molecule has 1 fully saturated rings. The number of benzene rings is 2. The number of nitro groups is 1. The number of nitrogens with zero attached hydrogens (tertiary/aromatic N) is 4. The van der Waals surface area contributed by atoms with Gasteiger partial charge in [-0.05, 0) is 44.2 Å². The van der Waals surface area contributed by atoms with Gasteiger partial charge >= 0.3 is 0 Å². The standard InChI is InChI=1S/C23H23FN4O5S/c1-16-15-20(17(2)27(16)22-6-4-3-5-21(22)24)23(29)25-11-13-26(14-12-25)34(32,33)19-9-7-18(8-10-19)28(30)31/h3-10,15H,11-14H2,1-2H3. The van der Waals surface area contributed by atoms with E-state index in [0.29, 0.717) is 22.6 Å². The van der Waals surface area contributed by atoms with Crippen molar-refractivity contribution >= 4 is 21.6 Å². The normalized spacial score (nSPS) is 14.9. The lowest BCUT2D eigenvalue weighted by Crippen LogP contribution is -2.50. The van der Waals surface area contributed by atoms with Crippen LogP contribution < -0.4 is 0 Å². The molecule has 178 valence electrons. The highest BCUT2D eigenvalue weighted by Gasteiger charge is 2.32. The molecule has 0 radical (unpaired) electrons. The highest BCUT2D eigenvalue weighted by Crippen LogP contribution is 2.25. The summed E-state index contributed by atoms with van der Waals surface area (Å²) in [7, 11) is -3.84. The summed E-state index contributed by atoms with van der Waals surface area (Å²) in [5.74, 6) is -0.642. The molecule has 3 aromatic rings. The third-order valence-electron chi connectivity index (χ3n) is 5.97. The van der Waals surface area contributed by atoms with Crippen LogP contribution in [0.4, 0.5) is 10.1 Å². The smallest absolute Gasteiger partial charge is 0.269 e. The van der Waals surface area contributed by atoms with Gasteiger partial charge in [-0.25, -0.2) is 12.8 Å². The summed E-state index contributed by atoms with van der Waals surface area (Å²) in [5.41, 5.74) is 1.92. The number of carbonyl (C=O) groups is 1. The molecule has 1 saturated heterocycles. The predicted molar refractivity (Wildman–Crippen MR) is 123 cm³/mol. The first-order valence-corrected chi connectivity index (χ1v) is 12.0. The third kappa shape index (κ3) is 4.19. The molecular formula is C23H23FN4O5S. The number of aryl methyl sites for hydroxylation is 1. The molecule has 2 aromatic carbocycles. The van der Waals surface area contributed by atoms with Crippen LogP contribution in [0.3, 0.4) is 0 Å². The molecule has 0 unspecified atom stereocenters. The van der Waals surface area contributed by atoms with Crippen LogP contribution in [0.1, 0.15) is 21.7 Å². The van der Waals surface area contributed by atoms with Gasteiger partial charge < -0.3 is 9.47 Å². The van der Waals surface area contributed by atoms with Crippen LogP contribution in [0.15, 0.2) is 59.5 Å². The molecule has 4 rings (SSSR count). The maximum Gasteiger partial charge on any atom is 0.269 e. The maximum atomic E-state index is 14.3. The Hall–Kier alpha value is -3.57. The second-order valence-electron chi connectivity index (χ2n) is 8.02. The molecule has 2 heterocycles. The highest BCUT2D eigenvalue weighted by molar-refractivity contribution is 7.89. The van der Waals surface area contributed by atoms with Crippen LogP contribution in [0.2, 0.25) is 0 Å². The first-order chi connectivity index (χ1) is 16.1. The van der Waals surface area contributed by atoms with E-state index in [-0.39, 0.29) is 42.7 Å². The van der Waals surface area contributed by atoms with Crippen molar-refractivity contribution in [1.82, 2.24) is 13.8 Å². The molecule has 0 aliphatic carbocycles. The number of nitro benzene ring substituents is 1. The molecule has 1 amide bonds. The number of rotatable bonds is 5. The van der Waals surface area contributed by atoms with Crippen molar-refractivity contribution in [2.45, 2.75) is 18.7 Å². The number of piperazine rings is 1. The number of sulfonamides is 1. The van der Waals surface area contributed by atoms with Crippen molar-refractivity contribution in [3.05, 3.63) is 87.5 Å². The van der Waals surface area contributed by atoms with Crippen LogP contribution in [0.5, 0.6) is 0 Å². The summed E-state index contributed by atoms with van der Waals surface area (Å²) in [4.78, 5) is 25.0. The number of para-hydroxylation sites is 1. The summed E-state index contributed by atoms with van der Waals surface area (Å²) in [6, 6.07) is 12.8. The van der Waals surface area contributed by atoms with Crippen LogP contribution in [-0.2, 0) is 10.0 Å². The second-order valence-corrected chi connectivity index (χ2v) is 9.96. The summed E-state index contributed by atoms with van der Waals surface area (Å²) < 4.78 is 43.1. The lowest BCUT2D eigenvalue weighted by molar-refractivity contribution is -0.384. The number of aromatic nitrogens is 1. The Morgan fingerprint density at radius 2 is 1.62 bits per heavy atom. The average Bonchev–Trinajstić information content (AvgIpc) is 3.12. The van der Waals surface area contributed by atoms with Gasteiger partial charge in [0.2, 0.25) is 10.0 Å². The molecule has 0 saturated carbocycles. The molecule has 1 aliphatic rings. The van der Waals surface area contributed by atoms with E-state index in [1.807, 2.05) is 0 Å². The van der Waals surface area contributed by atoms with Crippen LogP contribution in [0.25, 0.3) is 5.69 Å². The van der Waals surface area contributed by atoms with Gasteiger partial charge in [-0.2, -0.15) is 4.31 Å². The summed E-state index contributed by atoms with van der Waals surface area (Å²) in [6.45, 7) is 4.12.